The maximum absolute atomic E-state index is 13.4. The lowest BCUT2D eigenvalue weighted by Gasteiger charge is -2.17. The zero-order valence-electron chi connectivity index (χ0n) is 11.2. The highest BCUT2D eigenvalue weighted by atomic mass is 35.5. The molecule has 6 nitrogen and oxygen atoms in total. The summed E-state index contributed by atoms with van der Waals surface area (Å²) < 4.78 is 13.4. The van der Waals surface area contributed by atoms with Crippen LogP contribution in [0.1, 0.15) is 20.8 Å². The van der Waals surface area contributed by atoms with Gasteiger partial charge in [0, 0.05) is 18.2 Å². The molecule has 1 atom stereocenters. The van der Waals surface area contributed by atoms with E-state index in [-0.39, 0.29) is 28.3 Å². The SMILES string of the molecule is CC(C)NC(=O)C(C)Nc1cc(F)c(Cl)cc1[N+](=O)[O-]. The first kappa shape index (κ1) is 16.2. The Bertz CT molecular complexity index is 537. The lowest BCUT2D eigenvalue weighted by molar-refractivity contribution is -0.384. The minimum Gasteiger partial charge on any atom is -0.368 e. The highest BCUT2D eigenvalue weighted by Gasteiger charge is 2.21. The summed E-state index contributed by atoms with van der Waals surface area (Å²) in [6, 6.07) is 0.992. The number of anilines is 1. The molecule has 8 heteroatoms. The maximum atomic E-state index is 13.4. The number of carbonyl (C=O) groups is 1. The first-order chi connectivity index (χ1) is 9.22. The van der Waals surface area contributed by atoms with Crippen LogP contribution in [0.4, 0.5) is 15.8 Å². The van der Waals surface area contributed by atoms with Crippen LogP contribution in [0.5, 0.6) is 0 Å². The van der Waals surface area contributed by atoms with Gasteiger partial charge in [-0.15, -0.1) is 0 Å². The summed E-state index contributed by atoms with van der Waals surface area (Å²) in [7, 11) is 0. The van der Waals surface area contributed by atoms with Gasteiger partial charge in [-0.3, -0.25) is 14.9 Å². The Morgan fingerprint density at radius 3 is 2.50 bits per heavy atom. The van der Waals surface area contributed by atoms with Gasteiger partial charge in [0.1, 0.15) is 17.5 Å². The lowest BCUT2D eigenvalue weighted by atomic mass is 10.2. The van der Waals surface area contributed by atoms with E-state index in [1.54, 1.807) is 13.8 Å². The average molecular weight is 304 g/mol. The van der Waals surface area contributed by atoms with Crippen molar-refractivity contribution >= 4 is 28.9 Å². The smallest absolute Gasteiger partial charge is 0.294 e. The summed E-state index contributed by atoms with van der Waals surface area (Å²) in [5.74, 6) is -1.14. The van der Waals surface area contributed by atoms with E-state index in [1.165, 1.54) is 6.92 Å². The Morgan fingerprint density at radius 2 is 2.00 bits per heavy atom. The van der Waals surface area contributed by atoms with E-state index < -0.39 is 16.8 Å². The lowest BCUT2D eigenvalue weighted by Crippen LogP contribution is -2.41. The number of hydrogen-bond acceptors (Lipinski definition) is 4. The van der Waals surface area contributed by atoms with Crippen molar-refractivity contribution in [2.24, 2.45) is 0 Å². The Hall–Kier alpha value is -1.89. The second-order valence-corrected chi connectivity index (χ2v) is 4.98. The molecule has 0 aliphatic rings. The third-order valence-electron chi connectivity index (χ3n) is 2.43. The molecule has 1 rings (SSSR count). The fourth-order valence-electron chi connectivity index (χ4n) is 1.51. The summed E-state index contributed by atoms with van der Waals surface area (Å²) in [4.78, 5) is 21.9. The zero-order chi connectivity index (χ0) is 15.4. The third-order valence-corrected chi connectivity index (χ3v) is 2.72. The van der Waals surface area contributed by atoms with Crippen LogP contribution in [0, 0.1) is 15.9 Å². The van der Waals surface area contributed by atoms with E-state index in [9.17, 15) is 19.3 Å². The topological polar surface area (TPSA) is 84.3 Å². The maximum Gasteiger partial charge on any atom is 0.294 e. The summed E-state index contributed by atoms with van der Waals surface area (Å²) in [5, 5.41) is 15.8. The molecule has 0 spiro atoms. The molecule has 0 saturated carbocycles. The molecule has 1 aromatic rings. The number of nitro benzene ring substituents is 1. The standard InChI is InChI=1S/C12H15ClFN3O3/c1-6(2)15-12(18)7(3)16-10-5-9(14)8(13)4-11(10)17(19)20/h4-7,16H,1-3H3,(H,15,18). The molecule has 0 aromatic heterocycles. The fraction of sp³-hybridized carbons (Fsp3) is 0.417. The third kappa shape index (κ3) is 4.06. The highest BCUT2D eigenvalue weighted by molar-refractivity contribution is 6.31. The molecule has 1 unspecified atom stereocenters. The van der Waals surface area contributed by atoms with Crippen molar-refractivity contribution in [2.45, 2.75) is 32.9 Å². The number of nitrogens with zero attached hydrogens (tertiary/aromatic N) is 1. The molecule has 0 bridgehead atoms. The van der Waals surface area contributed by atoms with Crippen LogP contribution in [0.3, 0.4) is 0 Å². The van der Waals surface area contributed by atoms with Crippen LogP contribution >= 0.6 is 11.6 Å². The van der Waals surface area contributed by atoms with Gasteiger partial charge in [0.15, 0.2) is 0 Å². The van der Waals surface area contributed by atoms with Crippen molar-refractivity contribution in [1.82, 2.24) is 5.32 Å². The number of rotatable bonds is 5. The Balaban J connectivity index is 2.99. The van der Waals surface area contributed by atoms with Gasteiger partial charge in [-0.25, -0.2) is 4.39 Å². The molecule has 0 saturated heterocycles. The Morgan fingerprint density at radius 1 is 1.40 bits per heavy atom. The number of hydrogen-bond donors (Lipinski definition) is 2. The summed E-state index contributed by atoms with van der Waals surface area (Å²) >= 11 is 5.51. The van der Waals surface area contributed by atoms with Crippen molar-refractivity contribution in [2.75, 3.05) is 5.32 Å². The minimum atomic E-state index is -0.795. The van der Waals surface area contributed by atoms with Crippen LogP contribution < -0.4 is 10.6 Å². The predicted molar refractivity (Wildman–Crippen MR) is 74.4 cm³/mol. The average Bonchev–Trinajstić information content (AvgIpc) is 2.32. The summed E-state index contributed by atoms with van der Waals surface area (Å²) in [6.45, 7) is 5.10. The second kappa shape index (κ2) is 6.51. The Labute approximate surface area is 120 Å². The van der Waals surface area contributed by atoms with E-state index in [0.717, 1.165) is 12.1 Å². The molecule has 0 aliphatic carbocycles. The molecule has 110 valence electrons. The van der Waals surface area contributed by atoms with Gasteiger partial charge in [0.05, 0.1) is 9.95 Å². The van der Waals surface area contributed by atoms with E-state index in [1.807, 2.05) is 0 Å². The molecule has 1 amide bonds. The van der Waals surface area contributed by atoms with Gasteiger partial charge < -0.3 is 10.6 Å². The van der Waals surface area contributed by atoms with E-state index in [2.05, 4.69) is 10.6 Å². The van der Waals surface area contributed by atoms with Crippen LogP contribution in [0.25, 0.3) is 0 Å². The van der Waals surface area contributed by atoms with Crippen LogP contribution in [0.15, 0.2) is 12.1 Å². The monoisotopic (exact) mass is 303 g/mol. The van der Waals surface area contributed by atoms with E-state index >= 15 is 0 Å². The van der Waals surface area contributed by atoms with Crippen molar-refractivity contribution in [3.05, 3.63) is 33.1 Å². The minimum absolute atomic E-state index is 0.0660. The molecule has 0 heterocycles. The number of nitro groups is 1. The second-order valence-electron chi connectivity index (χ2n) is 4.57. The highest BCUT2D eigenvalue weighted by Crippen LogP contribution is 2.30. The fourth-order valence-corrected chi connectivity index (χ4v) is 1.67. The van der Waals surface area contributed by atoms with Crippen LogP contribution in [-0.2, 0) is 4.79 Å². The largest absolute Gasteiger partial charge is 0.368 e. The molecule has 20 heavy (non-hydrogen) atoms. The van der Waals surface area contributed by atoms with Gasteiger partial charge in [0.2, 0.25) is 5.91 Å². The number of benzene rings is 1. The van der Waals surface area contributed by atoms with Crippen molar-refractivity contribution in [1.29, 1.82) is 0 Å². The van der Waals surface area contributed by atoms with Crippen LogP contribution in [-0.4, -0.2) is 22.9 Å². The summed E-state index contributed by atoms with van der Waals surface area (Å²) in [5.41, 5.74) is -0.482. The number of carbonyl (C=O) groups excluding carboxylic acids is 1. The normalized spacial score (nSPS) is 12.1. The molecule has 0 radical (unpaired) electrons. The quantitative estimate of drug-likeness (QED) is 0.647. The van der Waals surface area contributed by atoms with E-state index in [0.29, 0.717) is 0 Å². The molecule has 0 fully saturated rings. The first-order valence-electron chi connectivity index (χ1n) is 5.92. The molecule has 1 aromatic carbocycles. The zero-order valence-corrected chi connectivity index (χ0v) is 12.0. The van der Waals surface area contributed by atoms with Gasteiger partial charge in [-0.2, -0.15) is 0 Å². The predicted octanol–water partition coefficient (Wildman–Crippen LogP) is 2.71. The molecular weight excluding hydrogens is 289 g/mol. The van der Waals surface area contributed by atoms with Crippen LogP contribution in [0.2, 0.25) is 5.02 Å². The Kier molecular flexibility index (Phi) is 5.26. The number of nitrogens with one attached hydrogen (secondary N) is 2. The van der Waals surface area contributed by atoms with Crippen molar-refractivity contribution in [3.8, 4) is 0 Å². The summed E-state index contributed by atoms with van der Waals surface area (Å²) in [6.07, 6.45) is 0. The van der Waals surface area contributed by atoms with Gasteiger partial charge in [0.25, 0.3) is 5.69 Å². The first-order valence-corrected chi connectivity index (χ1v) is 6.30. The molecular formula is C12H15ClFN3O3. The number of amides is 1. The van der Waals surface area contributed by atoms with Crippen molar-refractivity contribution < 1.29 is 14.1 Å². The van der Waals surface area contributed by atoms with Gasteiger partial charge >= 0.3 is 0 Å². The van der Waals surface area contributed by atoms with E-state index in [4.69, 9.17) is 11.6 Å². The molecule has 0 aliphatic heterocycles. The van der Waals surface area contributed by atoms with Gasteiger partial charge in [-0.05, 0) is 20.8 Å². The molecule has 2 N–H and O–H groups in total. The number of halogens is 2. The van der Waals surface area contributed by atoms with Crippen molar-refractivity contribution in [3.63, 3.8) is 0 Å². The van der Waals surface area contributed by atoms with Gasteiger partial charge in [-0.1, -0.05) is 11.6 Å².